The average Bonchev–Trinajstić information content (AvgIpc) is 2.57. The molecule has 1 aromatic carbocycles. The smallest absolute Gasteiger partial charge is 0.264 e. The minimum absolute atomic E-state index is 0.00927. The minimum atomic E-state index is -0.516. The van der Waals surface area contributed by atoms with Crippen molar-refractivity contribution >= 4 is 30.0 Å². The van der Waals surface area contributed by atoms with E-state index in [1.54, 1.807) is 29.3 Å². The van der Waals surface area contributed by atoms with E-state index in [0.29, 0.717) is 37.0 Å². The van der Waals surface area contributed by atoms with Crippen molar-refractivity contribution in [2.75, 3.05) is 26.3 Å². The van der Waals surface area contributed by atoms with Crippen LogP contribution in [0.3, 0.4) is 0 Å². The van der Waals surface area contributed by atoms with Gasteiger partial charge >= 0.3 is 0 Å². The number of ether oxygens (including phenoxy) is 1. The fourth-order valence-electron chi connectivity index (χ4n) is 2.32. The van der Waals surface area contributed by atoms with Gasteiger partial charge in [0.15, 0.2) is 4.77 Å². The normalized spacial score (nSPS) is 15.1. The summed E-state index contributed by atoms with van der Waals surface area (Å²) in [4.78, 5) is 14.7. The number of aromatic nitrogens is 2. The van der Waals surface area contributed by atoms with Crippen LogP contribution in [0.4, 0.5) is 0 Å². The fraction of sp³-hybridized carbons (Fsp3) is 0.267. The summed E-state index contributed by atoms with van der Waals surface area (Å²) < 4.78 is 6.60. The second-order valence-electron chi connectivity index (χ2n) is 5.09. The molecule has 0 unspecified atom stereocenters. The molecule has 1 aliphatic rings. The van der Waals surface area contributed by atoms with E-state index < -0.39 is 5.56 Å². The molecule has 0 saturated carbocycles. The summed E-state index contributed by atoms with van der Waals surface area (Å²) in [5, 5.41) is 16.9. The highest BCUT2D eigenvalue weighted by atomic mass is 35.5. The van der Waals surface area contributed by atoms with Gasteiger partial charge in [-0.25, -0.2) is 0 Å². The number of hydrogen-bond donors (Lipinski definition) is 2. The Morgan fingerprint density at radius 3 is 2.75 bits per heavy atom. The molecule has 0 bridgehead atoms. The van der Waals surface area contributed by atoms with Crippen molar-refractivity contribution in [2.24, 2.45) is 5.10 Å². The molecule has 7 nitrogen and oxygen atoms in total. The van der Waals surface area contributed by atoms with Gasteiger partial charge in [0.05, 0.1) is 43.2 Å². The van der Waals surface area contributed by atoms with Crippen LogP contribution in [0.1, 0.15) is 5.56 Å². The molecule has 0 amide bonds. The monoisotopic (exact) mass is 366 g/mol. The Morgan fingerprint density at radius 2 is 2.04 bits per heavy atom. The first-order valence-corrected chi connectivity index (χ1v) is 8.06. The van der Waals surface area contributed by atoms with E-state index in [1.807, 2.05) is 0 Å². The van der Waals surface area contributed by atoms with Crippen molar-refractivity contribution < 1.29 is 9.84 Å². The minimum Gasteiger partial charge on any atom is -0.494 e. The molecule has 0 aliphatic carbocycles. The number of H-pyrrole nitrogens is 1. The lowest BCUT2D eigenvalue weighted by atomic mass is 10.3. The van der Waals surface area contributed by atoms with Crippen LogP contribution in [0, 0.1) is 4.77 Å². The SMILES string of the molecule is O=c1[nH]c(=S)n(-c2ccccc2Cl)c(O)c1C=NN1CCOCC1. The second kappa shape index (κ2) is 7.16. The molecule has 0 atom stereocenters. The van der Waals surface area contributed by atoms with E-state index in [4.69, 9.17) is 28.6 Å². The summed E-state index contributed by atoms with van der Waals surface area (Å²) in [6.45, 7) is 2.40. The number of nitrogens with one attached hydrogen (secondary N) is 1. The molecule has 0 spiro atoms. The largest absolute Gasteiger partial charge is 0.494 e. The zero-order valence-corrected chi connectivity index (χ0v) is 14.2. The highest BCUT2D eigenvalue weighted by Gasteiger charge is 2.15. The summed E-state index contributed by atoms with van der Waals surface area (Å²) in [6.07, 6.45) is 1.32. The first-order valence-electron chi connectivity index (χ1n) is 7.28. The van der Waals surface area contributed by atoms with Crippen LogP contribution >= 0.6 is 23.8 Å². The molecule has 1 fully saturated rings. The second-order valence-corrected chi connectivity index (χ2v) is 5.89. The van der Waals surface area contributed by atoms with Gasteiger partial charge in [0, 0.05) is 0 Å². The standard InChI is InChI=1S/C15H15ClN4O3S/c16-11-3-1-2-4-12(11)20-14(22)10(13(21)18-15(20)24)9-17-19-5-7-23-8-6-19/h1-4,9,22H,5-8H2,(H,18,21,24). The van der Waals surface area contributed by atoms with Crippen molar-refractivity contribution in [3.05, 3.63) is 50.0 Å². The summed E-state index contributed by atoms with van der Waals surface area (Å²) >= 11 is 11.3. The fourth-order valence-corrected chi connectivity index (χ4v) is 2.82. The Labute approximate surface area is 147 Å². The van der Waals surface area contributed by atoms with Crippen LogP contribution in [0.25, 0.3) is 5.69 Å². The summed E-state index contributed by atoms with van der Waals surface area (Å²) in [6, 6.07) is 6.89. The number of morpholine rings is 1. The van der Waals surface area contributed by atoms with E-state index in [2.05, 4.69) is 10.1 Å². The van der Waals surface area contributed by atoms with E-state index >= 15 is 0 Å². The average molecular weight is 367 g/mol. The van der Waals surface area contributed by atoms with Crippen LogP contribution < -0.4 is 5.56 Å². The molecule has 2 N–H and O–H groups in total. The van der Waals surface area contributed by atoms with Gasteiger partial charge in [-0.15, -0.1) is 0 Å². The predicted molar refractivity (Wildman–Crippen MR) is 93.9 cm³/mol. The van der Waals surface area contributed by atoms with Crippen molar-refractivity contribution in [1.82, 2.24) is 14.6 Å². The van der Waals surface area contributed by atoms with Gasteiger partial charge in [0.1, 0.15) is 5.56 Å². The number of aromatic amines is 1. The zero-order chi connectivity index (χ0) is 17.1. The number of rotatable bonds is 3. The topological polar surface area (TPSA) is 82.8 Å². The van der Waals surface area contributed by atoms with Crippen molar-refractivity contribution in [2.45, 2.75) is 0 Å². The Bertz CT molecular complexity index is 887. The highest BCUT2D eigenvalue weighted by Crippen LogP contribution is 2.25. The number of aromatic hydroxyl groups is 1. The first kappa shape index (κ1) is 16.7. The Morgan fingerprint density at radius 1 is 1.33 bits per heavy atom. The van der Waals surface area contributed by atoms with Crippen LogP contribution in [0.5, 0.6) is 5.88 Å². The number of benzene rings is 1. The maximum absolute atomic E-state index is 12.1. The van der Waals surface area contributed by atoms with E-state index in [1.165, 1.54) is 10.8 Å². The van der Waals surface area contributed by atoms with Crippen molar-refractivity contribution in [3.8, 4) is 11.6 Å². The third kappa shape index (κ3) is 3.35. The maximum Gasteiger partial charge on any atom is 0.264 e. The van der Waals surface area contributed by atoms with Crippen LogP contribution in [-0.2, 0) is 4.74 Å². The lowest BCUT2D eigenvalue weighted by Crippen LogP contribution is -2.32. The Hall–Kier alpha value is -2.16. The quantitative estimate of drug-likeness (QED) is 0.640. The highest BCUT2D eigenvalue weighted by molar-refractivity contribution is 7.71. The van der Waals surface area contributed by atoms with Crippen molar-refractivity contribution in [1.29, 1.82) is 0 Å². The van der Waals surface area contributed by atoms with Gasteiger partial charge in [-0.2, -0.15) is 5.10 Å². The van der Waals surface area contributed by atoms with Gasteiger partial charge in [-0.05, 0) is 24.4 Å². The lowest BCUT2D eigenvalue weighted by Gasteiger charge is -2.23. The molecule has 24 heavy (non-hydrogen) atoms. The molecule has 126 valence electrons. The number of halogens is 1. The Kier molecular flexibility index (Phi) is 4.98. The van der Waals surface area contributed by atoms with Gasteiger partial charge in [0.2, 0.25) is 5.88 Å². The molecule has 1 aromatic heterocycles. The van der Waals surface area contributed by atoms with Gasteiger partial charge in [-0.1, -0.05) is 23.7 Å². The predicted octanol–water partition coefficient (Wildman–Crippen LogP) is 1.92. The van der Waals surface area contributed by atoms with Crippen molar-refractivity contribution in [3.63, 3.8) is 0 Å². The molecular weight excluding hydrogens is 352 g/mol. The first-order chi connectivity index (χ1) is 11.6. The molecule has 2 aromatic rings. The Balaban J connectivity index is 2.06. The molecule has 1 aliphatic heterocycles. The molecular formula is C15H15ClN4O3S. The maximum atomic E-state index is 12.1. The number of hydrogen-bond acceptors (Lipinski definition) is 6. The lowest BCUT2D eigenvalue weighted by molar-refractivity contribution is 0.0396. The number of para-hydroxylation sites is 1. The number of nitrogens with zero attached hydrogens (tertiary/aromatic N) is 3. The van der Waals surface area contributed by atoms with E-state index in [9.17, 15) is 9.90 Å². The van der Waals surface area contributed by atoms with Gasteiger partial charge < -0.3 is 9.84 Å². The number of hydrazone groups is 1. The van der Waals surface area contributed by atoms with Crippen LogP contribution in [0.2, 0.25) is 5.02 Å². The molecule has 9 heteroatoms. The summed E-state index contributed by atoms with van der Waals surface area (Å²) in [5.41, 5.74) is -0.0354. The van der Waals surface area contributed by atoms with Crippen LogP contribution in [0.15, 0.2) is 34.2 Å². The zero-order valence-electron chi connectivity index (χ0n) is 12.6. The molecule has 1 saturated heterocycles. The molecule has 2 heterocycles. The van der Waals surface area contributed by atoms with Gasteiger partial charge in [0.25, 0.3) is 5.56 Å². The summed E-state index contributed by atoms with van der Waals surface area (Å²) in [7, 11) is 0. The third-order valence-corrected chi connectivity index (χ3v) is 4.16. The van der Waals surface area contributed by atoms with E-state index in [0.717, 1.165) is 0 Å². The third-order valence-electron chi connectivity index (χ3n) is 3.55. The molecule has 0 radical (unpaired) electrons. The van der Waals surface area contributed by atoms with E-state index in [-0.39, 0.29) is 16.2 Å². The summed E-state index contributed by atoms with van der Waals surface area (Å²) in [5.74, 6) is -0.311. The molecule has 3 rings (SSSR count). The van der Waals surface area contributed by atoms with Gasteiger partial charge in [-0.3, -0.25) is 19.4 Å². The van der Waals surface area contributed by atoms with Crippen LogP contribution in [-0.4, -0.2) is 52.2 Å².